The Bertz CT molecular complexity index is 1210. The summed E-state index contributed by atoms with van der Waals surface area (Å²) in [7, 11) is 0. The fourth-order valence-electron chi connectivity index (χ4n) is 4.25. The number of nitrogens with zero attached hydrogens (tertiary/aromatic N) is 6. The van der Waals surface area contributed by atoms with E-state index in [-0.39, 0.29) is 11.8 Å². The van der Waals surface area contributed by atoms with Crippen molar-refractivity contribution in [3.05, 3.63) is 95.6 Å². The van der Waals surface area contributed by atoms with Crippen LogP contribution in [-0.4, -0.2) is 67.4 Å². The Morgan fingerprint density at radius 1 is 0.588 bits per heavy atom. The van der Waals surface area contributed by atoms with Crippen LogP contribution in [0, 0.1) is 13.8 Å². The second-order valence-electron chi connectivity index (χ2n) is 8.45. The first-order chi connectivity index (χ1) is 16.5. The lowest BCUT2D eigenvalue weighted by Gasteiger charge is -2.35. The lowest BCUT2D eigenvalue weighted by atomic mass is 10.1. The highest BCUT2D eigenvalue weighted by Gasteiger charge is 2.25. The third-order valence-electron chi connectivity index (χ3n) is 6.24. The Morgan fingerprint density at radius 2 is 0.941 bits per heavy atom. The van der Waals surface area contributed by atoms with Gasteiger partial charge in [-0.15, -0.1) is 0 Å². The number of amides is 2. The molecule has 0 aliphatic carbocycles. The van der Waals surface area contributed by atoms with Crippen LogP contribution in [0.25, 0.3) is 11.4 Å². The van der Waals surface area contributed by atoms with Crippen LogP contribution in [0.2, 0.25) is 0 Å². The highest BCUT2D eigenvalue weighted by molar-refractivity contribution is 5.96. The summed E-state index contributed by atoms with van der Waals surface area (Å²) < 4.78 is 3.67. The van der Waals surface area contributed by atoms with Gasteiger partial charge in [-0.3, -0.25) is 9.59 Å². The molecule has 0 N–H and O–H groups in total. The second kappa shape index (κ2) is 8.97. The smallest absolute Gasteiger partial charge is 0.253 e. The summed E-state index contributed by atoms with van der Waals surface area (Å²) in [6, 6.07) is 18.8. The number of rotatable bonds is 4. The topological polar surface area (TPSA) is 76.3 Å². The maximum atomic E-state index is 13.0. The third kappa shape index (κ3) is 4.10. The summed E-state index contributed by atoms with van der Waals surface area (Å²) in [6.45, 7) is 6.01. The van der Waals surface area contributed by atoms with Gasteiger partial charge in [-0.1, -0.05) is 0 Å². The van der Waals surface area contributed by atoms with Gasteiger partial charge in [-0.25, -0.2) is 9.36 Å². The van der Waals surface area contributed by atoms with Crippen LogP contribution in [0.15, 0.2) is 73.1 Å². The first-order valence-electron chi connectivity index (χ1n) is 11.3. The zero-order chi connectivity index (χ0) is 23.7. The molecule has 172 valence electrons. The number of carbonyl (C=O) groups is 2. The van der Waals surface area contributed by atoms with Crippen molar-refractivity contribution in [1.82, 2.24) is 29.4 Å². The van der Waals surface area contributed by atoms with Gasteiger partial charge in [0.1, 0.15) is 0 Å². The van der Waals surface area contributed by atoms with Crippen LogP contribution in [0.5, 0.6) is 0 Å². The van der Waals surface area contributed by atoms with Crippen molar-refractivity contribution in [2.75, 3.05) is 26.2 Å². The van der Waals surface area contributed by atoms with Crippen molar-refractivity contribution in [3.8, 4) is 11.4 Å². The van der Waals surface area contributed by atoms with Gasteiger partial charge in [0, 0.05) is 61.1 Å². The van der Waals surface area contributed by atoms with Crippen LogP contribution in [0.4, 0.5) is 0 Å². The van der Waals surface area contributed by atoms with E-state index in [1.807, 2.05) is 93.7 Å². The molecule has 34 heavy (non-hydrogen) atoms. The molecule has 2 aromatic heterocycles. The van der Waals surface area contributed by atoms with Crippen molar-refractivity contribution in [2.24, 2.45) is 0 Å². The van der Waals surface area contributed by atoms with Crippen LogP contribution in [0.3, 0.4) is 0 Å². The van der Waals surface area contributed by atoms with E-state index >= 15 is 0 Å². The van der Waals surface area contributed by atoms with Crippen molar-refractivity contribution in [2.45, 2.75) is 13.8 Å². The number of aryl methyl sites for hydroxylation is 2. The van der Waals surface area contributed by atoms with E-state index in [0.29, 0.717) is 37.3 Å². The molecule has 2 amide bonds. The molecule has 8 heteroatoms. The summed E-state index contributed by atoms with van der Waals surface area (Å²) in [5.41, 5.74) is 5.18. The molecular formula is C26H26N6O2. The summed E-state index contributed by atoms with van der Waals surface area (Å²) in [6.07, 6.45) is 3.51. The maximum Gasteiger partial charge on any atom is 0.253 e. The predicted molar refractivity (Wildman–Crippen MR) is 128 cm³/mol. The molecule has 0 atom stereocenters. The Labute approximate surface area is 198 Å². The molecule has 1 fully saturated rings. The molecule has 5 rings (SSSR count). The van der Waals surface area contributed by atoms with Crippen molar-refractivity contribution >= 4 is 11.8 Å². The van der Waals surface area contributed by atoms with E-state index in [1.54, 1.807) is 12.4 Å². The molecule has 1 aliphatic heterocycles. The number of hydrogen-bond donors (Lipinski definition) is 0. The minimum absolute atomic E-state index is 0.0187. The van der Waals surface area contributed by atoms with Crippen LogP contribution in [0.1, 0.15) is 32.1 Å². The Hall–Kier alpha value is -4.20. The molecule has 1 aliphatic rings. The fourth-order valence-corrected chi connectivity index (χ4v) is 4.25. The van der Waals surface area contributed by atoms with Gasteiger partial charge in [-0.2, -0.15) is 10.2 Å². The number of carbonyl (C=O) groups excluding carboxylic acids is 2. The van der Waals surface area contributed by atoms with E-state index < -0.39 is 0 Å². The van der Waals surface area contributed by atoms with Crippen molar-refractivity contribution < 1.29 is 9.59 Å². The van der Waals surface area contributed by atoms with Gasteiger partial charge in [-0.05, 0) is 74.5 Å². The molecule has 8 nitrogen and oxygen atoms in total. The molecule has 0 spiro atoms. The lowest BCUT2D eigenvalue weighted by Crippen LogP contribution is -2.50. The van der Waals surface area contributed by atoms with E-state index in [4.69, 9.17) is 0 Å². The summed E-state index contributed by atoms with van der Waals surface area (Å²) in [5, 5.41) is 8.60. The van der Waals surface area contributed by atoms with Crippen molar-refractivity contribution in [3.63, 3.8) is 0 Å². The molecule has 0 bridgehead atoms. The molecule has 1 saturated heterocycles. The molecule has 0 saturated carbocycles. The molecule has 0 radical (unpaired) electrons. The van der Waals surface area contributed by atoms with E-state index in [0.717, 1.165) is 22.8 Å². The highest BCUT2D eigenvalue weighted by atomic mass is 16.2. The summed E-state index contributed by atoms with van der Waals surface area (Å²) >= 11 is 0. The van der Waals surface area contributed by atoms with E-state index in [9.17, 15) is 9.59 Å². The first kappa shape index (κ1) is 21.6. The fraction of sp³-hybridized carbons (Fsp3) is 0.231. The minimum Gasteiger partial charge on any atom is -0.335 e. The Morgan fingerprint density at radius 3 is 1.24 bits per heavy atom. The zero-order valence-electron chi connectivity index (χ0n) is 19.3. The number of hydrogen-bond acceptors (Lipinski definition) is 4. The Balaban J connectivity index is 1.20. The number of piperazine rings is 1. The van der Waals surface area contributed by atoms with Gasteiger partial charge in [0.2, 0.25) is 0 Å². The van der Waals surface area contributed by atoms with Gasteiger partial charge in [0.25, 0.3) is 11.8 Å². The van der Waals surface area contributed by atoms with Gasteiger partial charge >= 0.3 is 0 Å². The van der Waals surface area contributed by atoms with E-state index in [1.165, 1.54) is 0 Å². The lowest BCUT2D eigenvalue weighted by molar-refractivity contribution is 0.0535. The first-order valence-corrected chi connectivity index (χ1v) is 11.3. The molecular weight excluding hydrogens is 428 g/mol. The minimum atomic E-state index is -0.0187. The van der Waals surface area contributed by atoms with Gasteiger partial charge < -0.3 is 9.80 Å². The average Bonchev–Trinajstić information content (AvgIpc) is 3.51. The zero-order valence-corrected chi connectivity index (χ0v) is 19.3. The van der Waals surface area contributed by atoms with Crippen LogP contribution >= 0.6 is 0 Å². The Kier molecular flexibility index (Phi) is 5.71. The second-order valence-corrected chi connectivity index (χ2v) is 8.45. The largest absolute Gasteiger partial charge is 0.335 e. The molecule has 0 unspecified atom stereocenters. The van der Waals surface area contributed by atoms with Crippen LogP contribution in [-0.2, 0) is 0 Å². The predicted octanol–water partition coefficient (Wildman–Crippen LogP) is 3.27. The number of benzene rings is 2. The number of aromatic nitrogens is 4. The highest BCUT2D eigenvalue weighted by Crippen LogP contribution is 2.17. The third-order valence-corrected chi connectivity index (χ3v) is 6.24. The van der Waals surface area contributed by atoms with Gasteiger partial charge in [0.15, 0.2) is 0 Å². The monoisotopic (exact) mass is 454 g/mol. The summed E-state index contributed by atoms with van der Waals surface area (Å²) in [5.74, 6) is -0.0374. The summed E-state index contributed by atoms with van der Waals surface area (Å²) in [4.78, 5) is 29.6. The SMILES string of the molecule is Cc1ccnn1-c1ccc(C(=O)N2CCN(C(=O)c3ccc(-n4nccc4C)cc3)CC2)cc1. The standard InChI is InChI=1S/C26H26N6O2/c1-19-11-13-27-31(19)23-7-3-21(4-8-23)25(33)29-15-17-30(18-16-29)26(34)22-5-9-24(10-6-22)32-20(2)12-14-28-32/h3-14H,15-18H2,1-2H3. The normalized spacial score (nSPS) is 13.8. The molecule has 2 aromatic carbocycles. The van der Waals surface area contributed by atoms with Gasteiger partial charge in [0.05, 0.1) is 11.4 Å². The maximum absolute atomic E-state index is 13.0. The quantitative estimate of drug-likeness (QED) is 0.474. The van der Waals surface area contributed by atoms with Crippen LogP contribution < -0.4 is 0 Å². The molecule has 3 heterocycles. The molecule has 4 aromatic rings. The van der Waals surface area contributed by atoms with E-state index in [2.05, 4.69) is 10.2 Å². The van der Waals surface area contributed by atoms with Crippen molar-refractivity contribution in [1.29, 1.82) is 0 Å². The average molecular weight is 455 g/mol.